The summed E-state index contributed by atoms with van der Waals surface area (Å²) in [7, 11) is 1.30. The number of halogens is 5. The number of guanidine groups is 1. The number of aromatic nitrogens is 1. The second-order valence-electron chi connectivity index (χ2n) is 7.18. The van der Waals surface area contributed by atoms with E-state index in [4.69, 9.17) is 5.73 Å². The van der Waals surface area contributed by atoms with E-state index in [0.717, 1.165) is 23.2 Å². The lowest BCUT2D eigenvalue weighted by Crippen LogP contribution is -2.41. The summed E-state index contributed by atoms with van der Waals surface area (Å²) in [5.74, 6) is -2.53. The van der Waals surface area contributed by atoms with E-state index in [-0.39, 0.29) is 28.2 Å². The molecule has 2 heterocycles. The second-order valence-corrected chi connectivity index (χ2v) is 7.18. The van der Waals surface area contributed by atoms with Crippen molar-refractivity contribution in [3.05, 3.63) is 89.2 Å². The van der Waals surface area contributed by atoms with E-state index in [1.807, 2.05) is 0 Å². The van der Waals surface area contributed by atoms with Crippen molar-refractivity contribution in [2.24, 2.45) is 10.7 Å². The monoisotopic (exact) mass is 446 g/mol. The quantitative estimate of drug-likeness (QED) is 0.617. The third kappa shape index (κ3) is 3.37. The fourth-order valence-electron chi connectivity index (χ4n) is 3.64. The van der Waals surface area contributed by atoms with Crippen LogP contribution in [0.4, 0.5) is 22.0 Å². The van der Waals surface area contributed by atoms with Gasteiger partial charge in [0.1, 0.15) is 17.3 Å². The lowest BCUT2D eigenvalue weighted by Gasteiger charge is -2.27. The first-order valence-electron chi connectivity index (χ1n) is 9.27. The molecule has 164 valence electrons. The fraction of sp³-hybridized carbons (Fsp3) is 0.136. The lowest BCUT2D eigenvalue weighted by atomic mass is 9.81. The molecule has 2 N–H and O–H groups in total. The standard InChI is InChI=1S/C22H15F5N4O/c1-31-19(32)21(30-20(31)28,13-6-7-29-18(11-13)22(25,26)27)14-8-12(9-15(23)10-14)16-4-2-3-5-17(16)24/h2-11H,1H3,(H2,28,30). The number of nitrogens with two attached hydrogens (primary N) is 1. The fourth-order valence-corrected chi connectivity index (χ4v) is 3.64. The zero-order valence-electron chi connectivity index (χ0n) is 16.5. The minimum Gasteiger partial charge on any atom is -0.369 e. The van der Waals surface area contributed by atoms with Gasteiger partial charge >= 0.3 is 6.18 Å². The predicted molar refractivity (Wildman–Crippen MR) is 106 cm³/mol. The van der Waals surface area contributed by atoms with Crippen LogP contribution in [0.25, 0.3) is 11.1 Å². The molecular formula is C22H15F5N4O. The Balaban J connectivity index is 2.01. The van der Waals surface area contributed by atoms with Crippen LogP contribution in [0.15, 0.2) is 65.8 Å². The number of rotatable bonds is 3. The van der Waals surface area contributed by atoms with Gasteiger partial charge in [-0.05, 0) is 53.1 Å². The average Bonchev–Trinajstić information content (AvgIpc) is 2.98. The predicted octanol–water partition coefficient (Wildman–Crippen LogP) is 4.08. The Morgan fingerprint density at radius 1 is 1.00 bits per heavy atom. The summed E-state index contributed by atoms with van der Waals surface area (Å²) < 4.78 is 68.9. The SMILES string of the molecule is CN1C(=O)C(c2cc(F)cc(-c3ccccc3F)c2)(c2ccnc(C(F)(F)F)c2)N=C1N. The largest absolute Gasteiger partial charge is 0.433 e. The third-order valence-electron chi connectivity index (χ3n) is 5.21. The van der Waals surface area contributed by atoms with Gasteiger partial charge in [-0.3, -0.25) is 14.7 Å². The molecule has 0 saturated heterocycles. The summed E-state index contributed by atoms with van der Waals surface area (Å²) in [4.78, 5) is 21.7. The van der Waals surface area contributed by atoms with Crippen molar-refractivity contribution < 1.29 is 26.7 Å². The van der Waals surface area contributed by atoms with E-state index in [1.54, 1.807) is 6.07 Å². The maximum absolute atomic E-state index is 14.7. The molecule has 10 heteroatoms. The number of carbonyl (C=O) groups excluding carboxylic acids is 1. The van der Waals surface area contributed by atoms with E-state index in [1.165, 1.54) is 37.4 Å². The van der Waals surface area contributed by atoms with Crippen LogP contribution in [0.2, 0.25) is 0 Å². The lowest BCUT2D eigenvalue weighted by molar-refractivity contribution is -0.141. The highest BCUT2D eigenvalue weighted by atomic mass is 19.4. The minimum atomic E-state index is -4.79. The van der Waals surface area contributed by atoms with Gasteiger partial charge in [0.05, 0.1) is 0 Å². The number of carbonyl (C=O) groups is 1. The van der Waals surface area contributed by atoms with Gasteiger partial charge in [-0.2, -0.15) is 13.2 Å². The summed E-state index contributed by atoms with van der Waals surface area (Å²) in [5.41, 5.74) is 2.27. The Labute approximate surface area is 179 Å². The van der Waals surface area contributed by atoms with E-state index in [9.17, 15) is 26.7 Å². The van der Waals surface area contributed by atoms with Gasteiger partial charge in [-0.1, -0.05) is 18.2 Å². The van der Waals surface area contributed by atoms with E-state index < -0.39 is 35.0 Å². The first-order valence-corrected chi connectivity index (χ1v) is 9.27. The number of aliphatic imine (C=N–C) groups is 1. The second kappa shape index (κ2) is 7.40. The average molecular weight is 446 g/mol. The van der Waals surface area contributed by atoms with Gasteiger partial charge in [0.15, 0.2) is 11.5 Å². The zero-order chi connectivity index (χ0) is 23.3. The first-order chi connectivity index (χ1) is 15.0. The topological polar surface area (TPSA) is 71.6 Å². The van der Waals surface area contributed by atoms with E-state index in [0.29, 0.717) is 6.07 Å². The summed E-state index contributed by atoms with van der Waals surface area (Å²) in [6.45, 7) is 0. The van der Waals surface area contributed by atoms with Crippen molar-refractivity contribution in [1.29, 1.82) is 0 Å². The summed E-state index contributed by atoms with van der Waals surface area (Å²) in [6.07, 6.45) is -3.91. The molecular weight excluding hydrogens is 431 g/mol. The molecule has 1 atom stereocenters. The smallest absolute Gasteiger partial charge is 0.369 e. The van der Waals surface area contributed by atoms with Gasteiger partial charge in [-0.25, -0.2) is 13.8 Å². The van der Waals surface area contributed by atoms with Crippen molar-refractivity contribution in [3.8, 4) is 11.1 Å². The molecule has 0 spiro atoms. The molecule has 0 bridgehead atoms. The molecule has 0 aliphatic carbocycles. The molecule has 5 nitrogen and oxygen atoms in total. The highest BCUT2D eigenvalue weighted by Gasteiger charge is 2.50. The molecule has 0 radical (unpaired) electrons. The normalized spacial score (nSPS) is 18.8. The van der Waals surface area contributed by atoms with Crippen molar-refractivity contribution in [3.63, 3.8) is 0 Å². The van der Waals surface area contributed by atoms with Gasteiger partial charge in [0.2, 0.25) is 0 Å². The van der Waals surface area contributed by atoms with Crippen LogP contribution in [0.3, 0.4) is 0 Å². The number of nitrogens with zero attached hydrogens (tertiary/aromatic N) is 3. The number of hydrogen-bond donors (Lipinski definition) is 1. The van der Waals surface area contributed by atoms with Gasteiger partial charge < -0.3 is 5.73 Å². The maximum atomic E-state index is 14.7. The van der Waals surface area contributed by atoms with Crippen molar-refractivity contribution in [1.82, 2.24) is 9.88 Å². The van der Waals surface area contributed by atoms with E-state index >= 15 is 0 Å². The van der Waals surface area contributed by atoms with Crippen LogP contribution in [-0.4, -0.2) is 28.8 Å². The number of likely N-dealkylation sites (N-methyl/N-ethyl adjacent to an activating group) is 1. The van der Waals surface area contributed by atoms with Crippen molar-refractivity contribution >= 4 is 11.9 Å². The zero-order valence-corrected chi connectivity index (χ0v) is 16.5. The molecule has 1 aliphatic heterocycles. The van der Waals surface area contributed by atoms with Crippen LogP contribution in [0.5, 0.6) is 0 Å². The maximum Gasteiger partial charge on any atom is 0.433 e. The number of amides is 1. The molecule has 2 aromatic carbocycles. The molecule has 0 fully saturated rings. The number of alkyl halides is 3. The van der Waals surface area contributed by atoms with Crippen LogP contribution < -0.4 is 5.73 Å². The van der Waals surface area contributed by atoms with Crippen molar-refractivity contribution in [2.45, 2.75) is 11.7 Å². The van der Waals surface area contributed by atoms with E-state index in [2.05, 4.69) is 9.98 Å². The van der Waals surface area contributed by atoms with Gasteiger partial charge in [0, 0.05) is 18.8 Å². The molecule has 1 aromatic heterocycles. The molecule has 0 saturated carbocycles. The summed E-state index contributed by atoms with van der Waals surface area (Å²) >= 11 is 0. The number of hydrogen-bond acceptors (Lipinski definition) is 4. The highest BCUT2D eigenvalue weighted by Crippen LogP contribution is 2.42. The molecule has 3 aromatic rings. The van der Waals surface area contributed by atoms with Gasteiger partial charge in [0.25, 0.3) is 5.91 Å². The highest BCUT2D eigenvalue weighted by molar-refractivity contribution is 6.09. The Kier molecular flexibility index (Phi) is 4.95. The summed E-state index contributed by atoms with van der Waals surface area (Å²) in [6, 6.07) is 10.8. The van der Waals surface area contributed by atoms with Crippen molar-refractivity contribution in [2.75, 3.05) is 7.05 Å². The molecule has 1 aliphatic rings. The molecule has 1 amide bonds. The Bertz CT molecular complexity index is 1260. The third-order valence-corrected chi connectivity index (χ3v) is 5.21. The minimum absolute atomic E-state index is 0.0462. The van der Waals surface area contributed by atoms with Crippen LogP contribution in [-0.2, 0) is 16.5 Å². The molecule has 4 rings (SSSR count). The number of pyridine rings is 1. The Morgan fingerprint density at radius 2 is 1.72 bits per heavy atom. The van der Waals surface area contributed by atoms with Crippen LogP contribution in [0, 0.1) is 11.6 Å². The molecule has 1 unspecified atom stereocenters. The van der Waals surface area contributed by atoms with Crippen LogP contribution >= 0.6 is 0 Å². The first kappa shape index (κ1) is 21.4. The van der Waals surface area contributed by atoms with Crippen LogP contribution in [0.1, 0.15) is 16.8 Å². The van der Waals surface area contributed by atoms with Gasteiger partial charge in [-0.15, -0.1) is 0 Å². The number of benzene rings is 2. The molecule has 32 heavy (non-hydrogen) atoms. The Hall–Kier alpha value is -3.82. The Morgan fingerprint density at radius 3 is 2.34 bits per heavy atom. The summed E-state index contributed by atoms with van der Waals surface area (Å²) in [5, 5.41) is 0.